The molecule has 9 nitrogen and oxygen atoms in total. The number of ether oxygens (including phenoxy) is 3. The van der Waals surface area contributed by atoms with Crippen LogP contribution in [0.25, 0.3) is 5.65 Å². The number of amides is 1. The Bertz CT molecular complexity index is 1210. The molecule has 4 rings (SSSR count). The molecule has 176 valence electrons. The average Bonchev–Trinajstić information content (AvgIpc) is 3.13. The van der Waals surface area contributed by atoms with Gasteiger partial charge in [-0.2, -0.15) is 0 Å². The van der Waals surface area contributed by atoms with E-state index in [-0.39, 0.29) is 35.2 Å². The van der Waals surface area contributed by atoms with Crippen molar-refractivity contribution in [2.75, 3.05) is 20.3 Å². The standard InChI is InChI=1S/C21H21F3N4O5/c1-31-16-4-2-13(17(10-16)33-21(22,23)24)11-25-19(29)14-3-5-18-26-28(20(30)27(18)12-14)15-6-8-32-9-7-15/h2-5,10,12,15H,6-9,11H2,1H3,(H,25,29). The number of benzene rings is 1. The Balaban J connectivity index is 1.52. The first-order chi connectivity index (χ1) is 15.7. The first-order valence-electron chi connectivity index (χ1n) is 10.1. The molecule has 12 heteroatoms. The molecule has 1 N–H and O–H groups in total. The van der Waals surface area contributed by atoms with Crippen LogP contribution in [0.1, 0.15) is 34.8 Å². The molecule has 0 unspecified atom stereocenters. The van der Waals surface area contributed by atoms with Crippen molar-refractivity contribution in [2.45, 2.75) is 31.8 Å². The van der Waals surface area contributed by atoms with Gasteiger partial charge in [0, 0.05) is 37.6 Å². The van der Waals surface area contributed by atoms with Gasteiger partial charge >= 0.3 is 12.1 Å². The number of carbonyl (C=O) groups excluding carboxylic acids is 1. The van der Waals surface area contributed by atoms with Gasteiger partial charge in [-0.1, -0.05) is 0 Å². The zero-order chi connectivity index (χ0) is 23.6. The fraction of sp³-hybridized carbons (Fsp3) is 0.381. The fourth-order valence-corrected chi connectivity index (χ4v) is 3.60. The molecule has 2 aromatic heterocycles. The summed E-state index contributed by atoms with van der Waals surface area (Å²) >= 11 is 0. The molecular weight excluding hydrogens is 445 g/mol. The van der Waals surface area contributed by atoms with Gasteiger partial charge in [0.15, 0.2) is 5.65 Å². The van der Waals surface area contributed by atoms with E-state index in [1.54, 1.807) is 0 Å². The van der Waals surface area contributed by atoms with Crippen LogP contribution < -0.4 is 20.5 Å². The Morgan fingerprint density at radius 1 is 1.24 bits per heavy atom. The Hall–Kier alpha value is -3.54. The Morgan fingerprint density at radius 3 is 2.70 bits per heavy atom. The second kappa shape index (κ2) is 9.14. The molecule has 1 fully saturated rings. The summed E-state index contributed by atoms with van der Waals surface area (Å²) in [6, 6.07) is 6.87. The van der Waals surface area contributed by atoms with Crippen molar-refractivity contribution >= 4 is 11.6 Å². The van der Waals surface area contributed by atoms with E-state index >= 15 is 0 Å². The number of hydrogen-bond donors (Lipinski definition) is 1. The van der Waals surface area contributed by atoms with Gasteiger partial charge in [0.1, 0.15) is 11.5 Å². The quantitative estimate of drug-likeness (QED) is 0.600. The molecule has 1 amide bonds. The van der Waals surface area contributed by atoms with Crippen LogP contribution in [-0.4, -0.2) is 46.8 Å². The fourth-order valence-electron chi connectivity index (χ4n) is 3.60. The Morgan fingerprint density at radius 2 is 2.00 bits per heavy atom. The van der Waals surface area contributed by atoms with Crippen LogP contribution in [0.2, 0.25) is 0 Å². The van der Waals surface area contributed by atoms with Crippen LogP contribution in [-0.2, 0) is 11.3 Å². The molecule has 3 heterocycles. The number of aromatic nitrogens is 3. The summed E-state index contributed by atoms with van der Waals surface area (Å²) in [5, 5.41) is 6.88. The smallest absolute Gasteiger partial charge is 0.497 e. The highest BCUT2D eigenvalue weighted by Gasteiger charge is 2.32. The first-order valence-corrected chi connectivity index (χ1v) is 10.1. The Labute approximate surface area is 185 Å². The lowest BCUT2D eigenvalue weighted by Crippen LogP contribution is -2.30. The molecule has 0 spiro atoms. The minimum absolute atomic E-state index is 0.0782. The van der Waals surface area contributed by atoms with Crippen LogP contribution >= 0.6 is 0 Å². The minimum Gasteiger partial charge on any atom is -0.497 e. The molecule has 0 aliphatic carbocycles. The van der Waals surface area contributed by atoms with E-state index in [1.807, 2.05) is 0 Å². The van der Waals surface area contributed by atoms with E-state index in [0.717, 1.165) is 6.07 Å². The summed E-state index contributed by atoms with van der Waals surface area (Å²) in [6.45, 7) is 0.858. The van der Waals surface area contributed by atoms with Gasteiger partial charge in [-0.3, -0.25) is 4.79 Å². The number of fused-ring (bicyclic) bond motifs is 1. The number of methoxy groups -OCH3 is 1. The predicted molar refractivity (Wildman–Crippen MR) is 109 cm³/mol. The van der Waals surface area contributed by atoms with E-state index in [1.165, 1.54) is 46.7 Å². The van der Waals surface area contributed by atoms with Gasteiger partial charge in [-0.05, 0) is 37.1 Å². The normalized spacial score (nSPS) is 14.9. The van der Waals surface area contributed by atoms with Gasteiger partial charge in [-0.15, -0.1) is 18.3 Å². The zero-order valence-electron chi connectivity index (χ0n) is 17.6. The van der Waals surface area contributed by atoms with Crippen molar-refractivity contribution < 1.29 is 32.2 Å². The van der Waals surface area contributed by atoms with Gasteiger partial charge in [-0.25, -0.2) is 13.9 Å². The zero-order valence-corrected chi connectivity index (χ0v) is 17.6. The first kappa shape index (κ1) is 22.6. The van der Waals surface area contributed by atoms with Crippen molar-refractivity contribution in [3.05, 3.63) is 58.1 Å². The third kappa shape index (κ3) is 5.11. The number of pyridine rings is 1. The number of nitrogens with zero attached hydrogens (tertiary/aromatic N) is 3. The third-order valence-electron chi connectivity index (χ3n) is 5.28. The lowest BCUT2D eigenvalue weighted by molar-refractivity contribution is -0.274. The molecule has 1 aromatic carbocycles. The number of rotatable bonds is 6. The maximum atomic E-state index is 12.8. The van der Waals surface area contributed by atoms with Crippen LogP contribution in [0.5, 0.6) is 11.5 Å². The summed E-state index contributed by atoms with van der Waals surface area (Å²) in [6.07, 6.45) is -2.21. The highest BCUT2D eigenvalue weighted by molar-refractivity contribution is 5.94. The number of alkyl halides is 3. The van der Waals surface area contributed by atoms with E-state index in [0.29, 0.717) is 31.7 Å². The highest BCUT2D eigenvalue weighted by atomic mass is 19.4. The van der Waals surface area contributed by atoms with Crippen LogP contribution in [0.15, 0.2) is 41.3 Å². The predicted octanol–water partition coefficient (Wildman–Crippen LogP) is 2.68. The van der Waals surface area contributed by atoms with Crippen molar-refractivity contribution in [1.29, 1.82) is 0 Å². The summed E-state index contributed by atoms with van der Waals surface area (Å²) in [4.78, 5) is 25.4. The average molecular weight is 466 g/mol. The van der Waals surface area contributed by atoms with E-state index in [2.05, 4.69) is 15.2 Å². The van der Waals surface area contributed by atoms with Gasteiger partial charge in [0.05, 0.1) is 18.7 Å². The lowest BCUT2D eigenvalue weighted by Gasteiger charge is -2.20. The van der Waals surface area contributed by atoms with Crippen molar-refractivity contribution in [3.8, 4) is 11.5 Å². The van der Waals surface area contributed by atoms with Gasteiger partial charge < -0.3 is 19.5 Å². The maximum absolute atomic E-state index is 12.8. The molecule has 1 saturated heterocycles. The van der Waals surface area contributed by atoms with Gasteiger partial charge in [0.25, 0.3) is 5.91 Å². The largest absolute Gasteiger partial charge is 0.573 e. The Kier molecular flexibility index (Phi) is 6.27. The second-order valence-electron chi connectivity index (χ2n) is 7.42. The number of carbonyl (C=O) groups is 1. The molecule has 0 atom stereocenters. The van der Waals surface area contributed by atoms with Gasteiger partial charge in [0.2, 0.25) is 0 Å². The van der Waals surface area contributed by atoms with Crippen molar-refractivity contribution in [3.63, 3.8) is 0 Å². The SMILES string of the molecule is COc1ccc(CNC(=O)c2ccc3nn(C4CCOCC4)c(=O)n3c2)c(OC(F)(F)F)c1. The molecule has 3 aromatic rings. The molecule has 33 heavy (non-hydrogen) atoms. The van der Waals surface area contributed by atoms with Crippen molar-refractivity contribution in [2.24, 2.45) is 0 Å². The summed E-state index contributed by atoms with van der Waals surface area (Å²) < 4.78 is 55.2. The molecule has 0 bridgehead atoms. The van der Waals surface area contributed by atoms with E-state index in [4.69, 9.17) is 9.47 Å². The second-order valence-corrected chi connectivity index (χ2v) is 7.42. The third-order valence-corrected chi connectivity index (χ3v) is 5.28. The van der Waals surface area contributed by atoms with E-state index < -0.39 is 18.0 Å². The summed E-state index contributed by atoms with van der Waals surface area (Å²) in [5.74, 6) is -0.876. The molecule has 0 saturated carbocycles. The molecule has 1 aliphatic rings. The van der Waals surface area contributed by atoms with Crippen LogP contribution in [0.3, 0.4) is 0 Å². The summed E-state index contributed by atoms with van der Waals surface area (Å²) in [5.41, 5.74) is 0.275. The van der Waals surface area contributed by atoms with Crippen molar-refractivity contribution in [1.82, 2.24) is 19.5 Å². The number of hydrogen-bond acceptors (Lipinski definition) is 6. The van der Waals surface area contributed by atoms with Crippen LogP contribution in [0, 0.1) is 0 Å². The van der Waals surface area contributed by atoms with Crippen LogP contribution in [0.4, 0.5) is 13.2 Å². The highest BCUT2D eigenvalue weighted by Crippen LogP contribution is 2.30. The maximum Gasteiger partial charge on any atom is 0.573 e. The number of nitrogens with one attached hydrogen (secondary N) is 1. The molecule has 0 radical (unpaired) electrons. The monoisotopic (exact) mass is 466 g/mol. The number of halogens is 3. The molecule has 1 aliphatic heterocycles. The molecular formula is C21H21F3N4O5. The van der Waals surface area contributed by atoms with E-state index in [9.17, 15) is 22.8 Å². The summed E-state index contributed by atoms with van der Waals surface area (Å²) in [7, 11) is 1.32. The minimum atomic E-state index is -4.90. The lowest BCUT2D eigenvalue weighted by atomic mass is 10.1. The topological polar surface area (TPSA) is 96.1 Å².